The number of aromatic hydroxyl groups is 1. The lowest BCUT2D eigenvalue weighted by atomic mass is 10.0. The summed E-state index contributed by atoms with van der Waals surface area (Å²) in [6.45, 7) is 0.0196. The van der Waals surface area contributed by atoms with Gasteiger partial charge in [-0.2, -0.15) is 18.3 Å². The van der Waals surface area contributed by atoms with Gasteiger partial charge in [-0.25, -0.2) is 0 Å². The van der Waals surface area contributed by atoms with E-state index in [0.717, 1.165) is 0 Å². The number of alkyl halides is 3. The maximum Gasteiger partial charge on any atom is 0.435 e. The van der Waals surface area contributed by atoms with Crippen LogP contribution in [0.4, 0.5) is 13.2 Å². The van der Waals surface area contributed by atoms with Crippen LogP contribution in [0.15, 0.2) is 24.3 Å². The van der Waals surface area contributed by atoms with E-state index in [2.05, 4.69) is 10.2 Å². The van der Waals surface area contributed by atoms with Crippen molar-refractivity contribution in [2.24, 2.45) is 0 Å². The molecule has 1 aliphatic rings. The standard InChI is InChI=1S/C16H16F3N3O3/c1-25-13(9-4-2-3-5-12(9)23)15(24)22-7-6-11-10(8-22)14(21-20-11)16(17,18)19/h2-5,13,23H,6-8H2,1H3,(H,20,21). The van der Waals surface area contributed by atoms with Crippen molar-refractivity contribution in [2.75, 3.05) is 13.7 Å². The van der Waals surface area contributed by atoms with Crippen LogP contribution < -0.4 is 0 Å². The molecule has 0 spiro atoms. The van der Waals surface area contributed by atoms with Crippen molar-refractivity contribution >= 4 is 5.91 Å². The molecule has 2 aromatic rings. The first kappa shape index (κ1) is 17.3. The van der Waals surface area contributed by atoms with Crippen molar-refractivity contribution in [1.29, 1.82) is 0 Å². The van der Waals surface area contributed by atoms with Crippen LogP contribution in [0, 0.1) is 0 Å². The number of nitrogens with one attached hydrogen (secondary N) is 1. The Morgan fingerprint density at radius 3 is 2.76 bits per heavy atom. The number of para-hydroxylation sites is 1. The topological polar surface area (TPSA) is 78.5 Å². The highest BCUT2D eigenvalue weighted by Crippen LogP contribution is 2.35. The fourth-order valence-electron chi connectivity index (χ4n) is 2.95. The summed E-state index contributed by atoms with van der Waals surface area (Å²) in [6.07, 6.45) is -5.44. The van der Waals surface area contributed by atoms with Crippen molar-refractivity contribution in [3.05, 3.63) is 46.8 Å². The summed E-state index contributed by atoms with van der Waals surface area (Å²) in [7, 11) is 1.31. The molecule has 134 valence electrons. The second kappa shape index (κ2) is 6.40. The fourth-order valence-corrected chi connectivity index (χ4v) is 2.95. The Hall–Kier alpha value is -2.55. The zero-order chi connectivity index (χ0) is 18.2. The number of phenols is 1. The monoisotopic (exact) mass is 355 g/mol. The molecule has 3 rings (SSSR count). The normalized spacial score (nSPS) is 15.8. The number of phenolic OH excluding ortho intramolecular Hbond substituents is 1. The third-order valence-electron chi connectivity index (χ3n) is 4.19. The lowest BCUT2D eigenvalue weighted by molar-refractivity contribution is -0.146. The molecule has 2 N–H and O–H groups in total. The van der Waals surface area contributed by atoms with Gasteiger partial charge in [0.1, 0.15) is 5.75 Å². The number of carbonyl (C=O) groups excluding carboxylic acids is 1. The fraction of sp³-hybridized carbons (Fsp3) is 0.375. The van der Waals surface area contributed by atoms with Crippen molar-refractivity contribution in [3.8, 4) is 5.75 Å². The molecule has 2 heterocycles. The minimum absolute atomic E-state index is 0.0285. The maximum atomic E-state index is 13.0. The number of H-pyrrole nitrogens is 1. The molecular formula is C16H16F3N3O3. The van der Waals surface area contributed by atoms with E-state index >= 15 is 0 Å². The van der Waals surface area contributed by atoms with E-state index in [-0.39, 0.29) is 36.4 Å². The predicted molar refractivity (Wildman–Crippen MR) is 80.6 cm³/mol. The number of amides is 1. The van der Waals surface area contributed by atoms with Crippen LogP contribution in [0.1, 0.15) is 28.6 Å². The lowest BCUT2D eigenvalue weighted by Gasteiger charge is -2.30. The van der Waals surface area contributed by atoms with Gasteiger partial charge < -0.3 is 14.7 Å². The molecular weight excluding hydrogens is 339 g/mol. The number of hydrogen-bond acceptors (Lipinski definition) is 4. The largest absolute Gasteiger partial charge is 0.508 e. The van der Waals surface area contributed by atoms with Gasteiger partial charge in [0.05, 0.1) is 0 Å². The summed E-state index contributed by atoms with van der Waals surface area (Å²) < 4.78 is 44.3. The van der Waals surface area contributed by atoms with Crippen molar-refractivity contribution in [2.45, 2.75) is 25.2 Å². The molecule has 1 aromatic heterocycles. The number of rotatable bonds is 3. The van der Waals surface area contributed by atoms with Crippen molar-refractivity contribution < 1.29 is 27.8 Å². The quantitative estimate of drug-likeness (QED) is 0.886. The second-order valence-corrected chi connectivity index (χ2v) is 5.71. The molecule has 1 aliphatic heterocycles. The van der Waals surface area contributed by atoms with Gasteiger partial charge >= 0.3 is 6.18 Å². The van der Waals surface area contributed by atoms with Gasteiger partial charge in [-0.1, -0.05) is 18.2 Å². The molecule has 6 nitrogen and oxygen atoms in total. The van der Waals surface area contributed by atoms with Crippen LogP contribution >= 0.6 is 0 Å². The number of methoxy groups -OCH3 is 1. The molecule has 0 saturated heterocycles. The summed E-state index contributed by atoms with van der Waals surface area (Å²) >= 11 is 0. The second-order valence-electron chi connectivity index (χ2n) is 5.71. The van der Waals surface area contributed by atoms with E-state index < -0.39 is 23.9 Å². The lowest BCUT2D eigenvalue weighted by Crippen LogP contribution is -2.40. The number of benzene rings is 1. The van der Waals surface area contributed by atoms with E-state index in [9.17, 15) is 23.1 Å². The molecule has 1 aromatic carbocycles. The van der Waals surface area contributed by atoms with Crippen LogP contribution in [0.2, 0.25) is 0 Å². The van der Waals surface area contributed by atoms with E-state index in [1.165, 1.54) is 24.1 Å². The highest BCUT2D eigenvalue weighted by atomic mass is 19.4. The van der Waals surface area contributed by atoms with Gasteiger partial charge in [0, 0.05) is 43.4 Å². The molecule has 1 atom stereocenters. The first-order chi connectivity index (χ1) is 11.8. The molecule has 0 fully saturated rings. The van der Waals surface area contributed by atoms with Crippen LogP contribution in [-0.4, -0.2) is 39.8 Å². The minimum Gasteiger partial charge on any atom is -0.508 e. The first-order valence-electron chi connectivity index (χ1n) is 7.55. The third kappa shape index (κ3) is 3.19. The Morgan fingerprint density at radius 2 is 2.12 bits per heavy atom. The number of ether oxygens (including phenoxy) is 1. The Kier molecular flexibility index (Phi) is 4.42. The molecule has 9 heteroatoms. The number of aromatic amines is 1. The number of hydrogen-bond donors (Lipinski definition) is 2. The molecule has 0 radical (unpaired) electrons. The summed E-state index contributed by atoms with van der Waals surface area (Å²) in [5, 5.41) is 15.7. The average Bonchev–Trinajstić information content (AvgIpc) is 3.00. The molecule has 0 bridgehead atoms. The Morgan fingerprint density at radius 1 is 1.40 bits per heavy atom. The Balaban J connectivity index is 1.87. The van der Waals surface area contributed by atoms with Crippen LogP contribution in [0.25, 0.3) is 0 Å². The predicted octanol–water partition coefficient (Wildman–Crippen LogP) is 2.41. The summed E-state index contributed by atoms with van der Waals surface area (Å²) in [5.74, 6) is -0.622. The maximum absolute atomic E-state index is 13.0. The van der Waals surface area contributed by atoms with E-state index in [0.29, 0.717) is 5.69 Å². The van der Waals surface area contributed by atoms with Crippen LogP contribution in [0.3, 0.4) is 0 Å². The van der Waals surface area contributed by atoms with Crippen LogP contribution in [-0.2, 0) is 28.7 Å². The number of nitrogens with zero attached hydrogens (tertiary/aromatic N) is 2. The molecule has 1 amide bonds. The van der Waals surface area contributed by atoms with Gasteiger partial charge in [-0.05, 0) is 6.07 Å². The Labute approximate surface area is 141 Å². The highest BCUT2D eigenvalue weighted by Gasteiger charge is 2.40. The number of fused-ring (bicyclic) bond motifs is 1. The van der Waals surface area contributed by atoms with Gasteiger partial charge in [0.15, 0.2) is 11.8 Å². The number of halogens is 3. The van der Waals surface area contributed by atoms with E-state index in [1.807, 2.05) is 0 Å². The smallest absolute Gasteiger partial charge is 0.435 e. The zero-order valence-corrected chi connectivity index (χ0v) is 13.3. The van der Waals surface area contributed by atoms with Gasteiger partial charge in [0.25, 0.3) is 5.91 Å². The Bertz CT molecular complexity index is 788. The van der Waals surface area contributed by atoms with Crippen molar-refractivity contribution in [1.82, 2.24) is 15.1 Å². The number of aromatic nitrogens is 2. The number of carbonyl (C=O) groups is 1. The molecule has 1 unspecified atom stereocenters. The van der Waals surface area contributed by atoms with Gasteiger partial charge in [0.2, 0.25) is 0 Å². The zero-order valence-electron chi connectivity index (χ0n) is 13.3. The van der Waals surface area contributed by atoms with E-state index in [4.69, 9.17) is 4.74 Å². The van der Waals surface area contributed by atoms with Crippen molar-refractivity contribution in [3.63, 3.8) is 0 Å². The molecule has 25 heavy (non-hydrogen) atoms. The third-order valence-corrected chi connectivity index (χ3v) is 4.19. The molecule has 0 saturated carbocycles. The average molecular weight is 355 g/mol. The highest BCUT2D eigenvalue weighted by molar-refractivity contribution is 5.83. The van der Waals surface area contributed by atoms with Gasteiger partial charge in [-0.3, -0.25) is 9.89 Å². The summed E-state index contributed by atoms with van der Waals surface area (Å²) in [4.78, 5) is 14.0. The summed E-state index contributed by atoms with van der Waals surface area (Å²) in [6, 6.07) is 6.20. The summed E-state index contributed by atoms with van der Waals surface area (Å²) in [5.41, 5.74) is -0.382. The SMILES string of the molecule is COC(C(=O)N1CCc2[nH]nc(C(F)(F)F)c2C1)c1ccccc1O. The molecule has 0 aliphatic carbocycles. The minimum atomic E-state index is -4.59. The van der Waals surface area contributed by atoms with Gasteiger partial charge in [-0.15, -0.1) is 0 Å². The van der Waals surface area contributed by atoms with E-state index in [1.54, 1.807) is 12.1 Å². The van der Waals surface area contributed by atoms with Crippen LogP contribution in [0.5, 0.6) is 5.75 Å². The first-order valence-corrected chi connectivity index (χ1v) is 7.55.